The first-order valence-electron chi connectivity index (χ1n) is 9.11. The van der Waals surface area contributed by atoms with Gasteiger partial charge in [-0.25, -0.2) is 4.79 Å². The van der Waals surface area contributed by atoms with Crippen molar-refractivity contribution in [1.82, 2.24) is 10.6 Å². The lowest BCUT2D eigenvalue weighted by molar-refractivity contribution is -0.156. The van der Waals surface area contributed by atoms with Crippen LogP contribution in [0.3, 0.4) is 0 Å². The summed E-state index contributed by atoms with van der Waals surface area (Å²) < 4.78 is 5.17. The summed E-state index contributed by atoms with van der Waals surface area (Å²) in [7, 11) is 0. The number of rotatable bonds is 7. The molecule has 2 unspecified atom stereocenters. The average Bonchev–Trinajstić information content (AvgIpc) is 2.67. The third-order valence-corrected chi connectivity index (χ3v) is 5.16. The second kappa shape index (κ2) is 10.7. The van der Waals surface area contributed by atoms with E-state index < -0.39 is 36.0 Å². The molecule has 2 rings (SSSR count). The monoisotopic (exact) mass is 470 g/mol. The maximum Gasteiger partial charge on any atom is 0.329 e. The van der Waals surface area contributed by atoms with E-state index >= 15 is 0 Å². The van der Waals surface area contributed by atoms with Crippen LogP contribution in [0.2, 0.25) is 15.1 Å². The summed E-state index contributed by atoms with van der Waals surface area (Å²) in [6.45, 7) is 4.64. The molecule has 0 aliphatic rings. The fourth-order valence-electron chi connectivity index (χ4n) is 2.57. The fraction of sp³-hybridized carbons (Fsp3) is 0.286. The Morgan fingerprint density at radius 2 is 1.57 bits per heavy atom. The Balaban J connectivity index is 1.91. The Kier molecular flexibility index (Phi) is 8.53. The number of amides is 2. The second-order valence-electron chi connectivity index (χ2n) is 6.65. The van der Waals surface area contributed by atoms with Crippen LogP contribution in [0.15, 0.2) is 42.5 Å². The van der Waals surface area contributed by atoms with E-state index in [1.165, 1.54) is 19.9 Å². The van der Waals surface area contributed by atoms with E-state index in [0.29, 0.717) is 15.6 Å². The number of hydrogen-bond acceptors (Lipinski definition) is 4. The molecule has 3 atom stereocenters. The van der Waals surface area contributed by atoms with Crippen molar-refractivity contribution in [3.63, 3.8) is 0 Å². The molecule has 9 heteroatoms. The fourth-order valence-corrected chi connectivity index (χ4v) is 3.36. The van der Waals surface area contributed by atoms with Crippen molar-refractivity contribution in [3.8, 4) is 0 Å². The molecule has 2 N–H and O–H groups in total. The molecule has 30 heavy (non-hydrogen) atoms. The SMILES string of the molecule is CC(OC(=O)[C@H](C)NC(=O)c1ccccc1Cl)C(=O)NC(C)c1ccc(Cl)cc1Cl. The van der Waals surface area contributed by atoms with Gasteiger partial charge in [-0.15, -0.1) is 0 Å². The normalized spacial score (nSPS) is 13.7. The van der Waals surface area contributed by atoms with Crippen LogP contribution in [0.25, 0.3) is 0 Å². The summed E-state index contributed by atoms with van der Waals surface area (Å²) in [6, 6.07) is 9.99. The smallest absolute Gasteiger partial charge is 0.329 e. The van der Waals surface area contributed by atoms with E-state index in [2.05, 4.69) is 10.6 Å². The summed E-state index contributed by atoms with van der Waals surface area (Å²) >= 11 is 18.0. The van der Waals surface area contributed by atoms with Crippen LogP contribution in [0.1, 0.15) is 42.7 Å². The Hall–Kier alpha value is -2.28. The molecular weight excluding hydrogens is 451 g/mol. The first-order valence-corrected chi connectivity index (χ1v) is 10.2. The molecule has 0 fully saturated rings. The van der Waals surface area contributed by atoms with Crippen LogP contribution in [0.4, 0.5) is 0 Å². The minimum atomic E-state index is -1.08. The minimum absolute atomic E-state index is 0.235. The predicted octanol–water partition coefficient (Wildman–Crippen LogP) is 4.57. The second-order valence-corrected chi connectivity index (χ2v) is 7.90. The lowest BCUT2D eigenvalue weighted by Gasteiger charge is -2.21. The molecule has 160 valence electrons. The zero-order valence-electron chi connectivity index (χ0n) is 16.5. The van der Waals surface area contributed by atoms with Crippen LogP contribution in [0, 0.1) is 0 Å². The Bertz CT molecular complexity index is 952. The highest BCUT2D eigenvalue weighted by atomic mass is 35.5. The van der Waals surface area contributed by atoms with E-state index in [1.54, 1.807) is 43.3 Å². The largest absolute Gasteiger partial charge is 0.451 e. The molecule has 0 aliphatic heterocycles. The number of esters is 1. The quantitative estimate of drug-likeness (QED) is 0.579. The zero-order valence-corrected chi connectivity index (χ0v) is 18.8. The topological polar surface area (TPSA) is 84.5 Å². The minimum Gasteiger partial charge on any atom is -0.451 e. The number of carbonyl (C=O) groups excluding carboxylic acids is 3. The zero-order chi connectivity index (χ0) is 22.4. The summed E-state index contributed by atoms with van der Waals surface area (Å²) in [6.07, 6.45) is -1.08. The van der Waals surface area contributed by atoms with E-state index in [1.807, 2.05) is 0 Å². The highest BCUT2D eigenvalue weighted by Crippen LogP contribution is 2.26. The maximum atomic E-state index is 12.4. The van der Waals surface area contributed by atoms with Gasteiger partial charge in [-0.3, -0.25) is 9.59 Å². The molecule has 0 saturated carbocycles. The molecule has 6 nitrogen and oxygen atoms in total. The van der Waals surface area contributed by atoms with E-state index in [-0.39, 0.29) is 10.6 Å². The lowest BCUT2D eigenvalue weighted by atomic mass is 10.1. The number of hydrogen-bond donors (Lipinski definition) is 2. The first-order chi connectivity index (χ1) is 14.1. The van der Waals surface area contributed by atoms with E-state index in [0.717, 1.165) is 0 Å². The van der Waals surface area contributed by atoms with Gasteiger partial charge in [-0.05, 0) is 50.6 Å². The van der Waals surface area contributed by atoms with Crippen LogP contribution in [-0.4, -0.2) is 29.9 Å². The lowest BCUT2D eigenvalue weighted by Crippen LogP contribution is -2.44. The molecular formula is C21H21Cl3N2O4. The van der Waals surface area contributed by atoms with Gasteiger partial charge in [0.1, 0.15) is 6.04 Å². The van der Waals surface area contributed by atoms with Crippen molar-refractivity contribution in [2.75, 3.05) is 0 Å². The molecule has 0 saturated heterocycles. The van der Waals surface area contributed by atoms with Crippen molar-refractivity contribution in [3.05, 3.63) is 68.7 Å². The summed E-state index contributed by atoms with van der Waals surface area (Å²) in [5.41, 5.74) is 0.909. The van der Waals surface area contributed by atoms with Crippen LogP contribution in [-0.2, 0) is 14.3 Å². The number of carbonyl (C=O) groups is 3. The van der Waals surface area contributed by atoms with Gasteiger partial charge in [-0.1, -0.05) is 53.0 Å². The number of ether oxygens (including phenoxy) is 1. The molecule has 0 aromatic heterocycles. The van der Waals surface area contributed by atoms with Gasteiger partial charge in [0.05, 0.1) is 16.6 Å². The van der Waals surface area contributed by atoms with Crippen LogP contribution < -0.4 is 10.6 Å². The van der Waals surface area contributed by atoms with Gasteiger partial charge < -0.3 is 15.4 Å². The van der Waals surface area contributed by atoms with Gasteiger partial charge in [-0.2, -0.15) is 0 Å². The maximum absolute atomic E-state index is 12.4. The van der Waals surface area contributed by atoms with Crippen molar-refractivity contribution >= 4 is 52.6 Å². The third-order valence-electron chi connectivity index (χ3n) is 4.27. The van der Waals surface area contributed by atoms with Gasteiger partial charge in [0.15, 0.2) is 6.10 Å². The molecule has 2 amide bonds. The van der Waals surface area contributed by atoms with E-state index in [4.69, 9.17) is 39.5 Å². The molecule has 2 aromatic rings. The summed E-state index contributed by atoms with van der Waals surface area (Å²) in [5.74, 6) is -1.78. The predicted molar refractivity (Wildman–Crippen MR) is 117 cm³/mol. The number of nitrogens with one attached hydrogen (secondary N) is 2. The average molecular weight is 472 g/mol. The van der Waals surface area contributed by atoms with Gasteiger partial charge in [0, 0.05) is 10.0 Å². The molecule has 0 bridgehead atoms. The van der Waals surface area contributed by atoms with Crippen molar-refractivity contribution in [1.29, 1.82) is 0 Å². The van der Waals surface area contributed by atoms with E-state index in [9.17, 15) is 14.4 Å². The highest BCUT2D eigenvalue weighted by Gasteiger charge is 2.25. The molecule has 2 aromatic carbocycles. The summed E-state index contributed by atoms with van der Waals surface area (Å²) in [4.78, 5) is 36.9. The van der Waals surface area contributed by atoms with Crippen molar-refractivity contribution in [2.45, 2.75) is 39.0 Å². The highest BCUT2D eigenvalue weighted by molar-refractivity contribution is 6.35. The first kappa shape index (κ1) is 24.0. The van der Waals surface area contributed by atoms with Gasteiger partial charge >= 0.3 is 5.97 Å². The molecule has 0 aliphatic carbocycles. The third kappa shape index (κ3) is 6.36. The summed E-state index contributed by atoms with van der Waals surface area (Å²) in [5, 5.41) is 6.39. The Morgan fingerprint density at radius 1 is 0.900 bits per heavy atom. The molecule has 0 radical (unpaired) electrons. The molecule has 0 heterocycles. The van der Waals surface area contributed by atoms with Crippen molar-refractivity contribution < 1.29 is 19.1 Å². The number of benzene rings is 2. The molecule has 0 spiro atoms. The van der Waals surface area contributed by atoms with Crippen molar-refractivity contribution in [2.24, 2.45) is 0 Å². The van der Waals surface area contributed by atoms with Gasteiger partial charge in [0.25, 0.3) is 11.8 Å². The Morgan fingerprint density at radius 3 is 2.20 bits per heavy atom. The van der Waals surface area contributed by atoms with Gasteiger partial charge in [0.2, 0.25) is 0 Å². The number of halogens is 3. The standard InChI is InChI=1S/C21H21Cl3N2O4/c1-11(15-9-8-14(22)10-18(15)24)25-19(27)13(3)30-21(29)12(2)26-20(28)16-6-4-5-7-17(16)23/h4-13H,1-3H3,(H,25,27)(H,26,28)/t11?,12-,13?/m0/s1. The van der Waals surface area contributed by atoms with Crippen LogP contribution in [0.5, 0.6) is 0 Å². The van der Waals surface area contributed by atoms with Crippen LogP contribution >= 0.6 is 34.8 Å². The Labute approximate surface area is 189 Å².